The Morgan fingerprint density at radius 3 is 2.63 bits per heavy atom. The predicted molar refractivity (Wildman–Crippen MR) is 115 cm³/mol. The van der Waals surface area contributed by atoms with Crippen molar-refractivity contribution in [1.82, 2.24) is 25.4 Å². The first kappa shape index (κ1) is 19.9. The van der Waals surface area contributed by atoms with Crippen LogP contribution in [0.2, 0.25) is 0 Å². The van der Waals surface area contributed by atoms with Crippen LogP contribution in [0.3, 0.4) is 0 Å². The summed E-state index contributed by atoms with van der Waals surface area (Å²) in [7, 11) is 0. The van der Waals surface area contributed by atoms with E-state index in [9.17, 15) is 4.79 Å². The topological polar surface area (TPSA) is 93.8 Å². The minimum absolute atomic E-state index is 0.0754. The number of aromatic nitrogens is 4. The lowest BCUT2D eigenvalue weighted by Gasteiger charge is -2.18. The first-order valence-corrected chi connectivity index (χ1v) is 10.5. The third kappa shape index (κ3) is 4.60. The summed E-state index contributed by atoms with van der Waals surface area (Å²) in [6, 6.07) is 13.2. The van der Waals surface area contributed by atoms with E-state index in [1.807, 2.05) is 61.7 Å². The number of pyridine rings is 1. The number of benzene rings is 1. The van der Waals surface area contributed by atoms with Crippen molar-refractivity contribution >= 4 is 17.2 Å². The van der Waals surface area contributed by atoms with Gasteiger partial charge in [0.2, 0.25) is 17.6 Å². The summed E-state index contributed by atoms with van der Waals surface area (Å²) in [5, 5.41) is 9.85. The Hall–Kier alpha value is -3.39. The highest BCUT2D eigenvalue weighted by Gasteiger charge is 2.25. The molecule has 0 fully saturated rings. The average Bonchev–Trinajstić information content (AvgIpc) is 3.43. The van der Waals surface area contributed by atoms with E-state index in [0.717, 1.165) is 21.8 Å². The van der Waals surface area contributed by atoms with Gasteiger partial charge in [-0.3, -0.25) is 9.78 Å². The van der Waals surface area contributed by atoms with E-state index in [1.165, 1.54) is 11.3 Å². The van der Waals surface area contributed by atoms with Gasteiger partial charge in [-0.05, 0) is 18.1 Å². The minimum atomic E-state index is -0.386. The molecule has 0 radical (unpaired) electrons. The van der Waals surface area contributed by atoms with Crippen LogP contribution in [0.15, 0.2) is 64.8 Å². The molecule has 1 N–H and O–H groups in total. The zero-order valence-corrected chi connectivity index (χ0v) is 17.5. The first-order valence-electron chi connectivity index (χ1n) is 9.63. The Kier molecular flexibility index (Phi) is 5.94. The van der Waals surface area contributed by atoms with Crippen molar-refractivity contribution in [3.63, 3.8) is 0 Å². The molecule has 1 atom stereocenters. The Morgan fingerprint density at radius 2 is 1.90 bits per heavy atom. The maximum absolute atomic E-state index is 12.7. The number of rotatable bonds is 7. The minimum Gasteiger partial charge on any atom is -0.344 e. The number of hydrogen-bond donors (Lipinski definition) is 1. The fourth-order valence-electron chi connectivity index (χ4n) is 2.98. The van der Waals surface area contributed by atoms with Gasteiger partial charge in [-0.15, -0.1) is 11.3 Å². The van der Waals surface area contributed by atoms with E-state index in [0.29, 0.717) is 11.7 Å². The molecule has 1 amide bonds. The summed E-state index contributed by atoms with van der Waals surface area (Å²) in [6.07, 6.45) is 3.55. The Balaban J connectivity index is 1.44. The van der Waals surface area contributed by atoms with Crippen molar-refractivity contribution in [3.8, 4) is 22.0 Å². The van der Waals surface area contributed by atoms with Gasteiger partial charge in [-0.2, -0.15) is 4.98 Å². The van der Waals surface area contributed by atoms with Crippen LogP contribution >= 0.6 is 11.3 Å². The van der Waals surface area contributed by atoms with E-state index in [-0.39, 0.29) is 24.3 Å². The standard InChI is InChI=1S/C22H21N5O2S/c1-14(2)19(21-26-20(27-29-21)16-9-6-10-23-12-16)25-18(28)11-17-13-30-22(24-17)15-7-4-3-5-8-15/h3-10,12-14,19H,11H2,1-2H3,(H,25,28)/t19-/m0/s1. The van der Waals surface area contributed by atoms with Gasteiger partial charge in [0.05, 0.1) is 12.1 Å². The molecule has 3 aromatic heterocycles. The lowest BCUT2D eigenvalue weighted by Crippen LogP contribution is -2.33. The average molecular weight is 420 g/mol. The third-order valence-electron chi connectivity index (χ3n) is 4.52. The maximum Gasteiger partial charge on any atom is 0.249 e. The largest absolute Gasteiger partial charge is 0.344 e. The van der Waals surface area contributed by atoms with Crippen LogP contribution in [0, 0.1) is 5.92 Å². The van der Waals surface area contributed by atoms with Gasteiger partial charge >= 0.3 is 0 Å². The first-order chi connectivity index (χ1) is 14.6. The highest BCUT2D eigenvalue weighted by atomic mass is 32.1. The highest BCUT2D eigenvalue weighted by Crippen LogP contribution is 2.25. The molecule has 4 rings (SSSR count). The van der Waals surface area contributed by atoms with Crippen molar-refractivity contribution in [3.05, 3.63) is 71.8 Å². The highest BCUT2D eigenvalue weighted by molar-refractivity contribution is 7.13. The van der Waals surface area contributed by atoms with Crippen LogP contribution in [0.1, 0.15) is 31.5 Å². The SMILES string of the molecule is CC(C)[C@H](NC(=O)Cc1csc(-c2ccccc2)n1)c1nc(-c2cccnc2)no1. The van der Waals surface area contributed by atoms with Crippen molar-refractivity contribution in [2.24, 2.45) is 5.92 Å². The Morgan fingerprint density at radius 1 is 1.10 bits per heavy atom. The zero-order chi connectivity index (χ0) is 20.9. The van der Waals surface area contributed by atoms with Gasteiger partial charge < -0.3 is 9.84 Å². The third-order valence-corrected chi connectivity index (χ3v) is 5.47. The molecule has 7 nitrogen and oxygen atoms in total. The lowest BCUT2D eigenvalue weighted by atomic mass is 10.0. The van der Waals surface area contributed by atoms with Gasteiger partial charge in [0, 0.05) is 28.9 Å². The Labute approximate surface area is 178 Å². The molecule has 0 saturated heterocycles. The molecule has 1 aromatic carbocycles. The smallest absolute Gasteiger partial charge is 0.249 e. The van der Waals surface area contributed by atoms with Crippen molar-refractivity contribution in [2.45, 2.75) is 26.3 Å². The summed E-state index contributed by atoms with van der Waals surface area (Å²) < 4.78 is 5.44. The molecule has 8 heteroatoms. The molecule has 0 aliphatic rings. The second-order valence-electron chi connectivity index (χ2n) is 7.17. The van der Waals surface area contributed by atoms with Crippen LogP contribution in [-0.2, 0) is 11.2 Å². The van der Waals surface area contributed by atoms with E-state index in [1.54, 1.807) is 12.4 Å². The molecule has 3 heterocycles. The number of nitrogens with zero attached hydrogens (tertiary/aromatic N) is 4. The quantitative estimate of drug-likeness (QED) is 0.480. The molecule has 0 bridgehead atoms. The number of nitrogens with one attached hydrogen (secondary N) is 1. The predicted octanol–water partition coefficient (Wildman–Crippen LogP) is 4.31. The van der Waals surface area contributed by atoms with Crippen molar-refractivity contribution < 1.29 is 9.32 Å². The van der Waals surface area contributed by atoms with Crippen molar-refractivity contribution in [2.75, 3.05) is 0 Å². The van der Waals surface area contributed by atoms with Gasteiger partial charge in [0.15, 0.2) is 0 Å². The lowest BCUT2D eigenvalue weighted by molar-refractivity contribution is -0.121. The summed E-state index contributed by atoms with van der Waals surface area (Å²) in [5.41, 5.74) is 2.54. The van der Waals surface area contributed by atoms with E-state index < -0.39 is 0 Å². The summed E-state index contributed by atoms with van der Waals surface area (Å²) in [6.45, 7) is 3.99. The molecule has 0 spiro atoms. The number of hydrogen-bond acceptors (Lipinski definition) is 7. The molecule has 30 heavy (non-hydrogen) atoms. The molecular weight excluding hydrogens is 398 g/mol. The summed E-state index contributed by atoms with van der Waals surface area (Å²) >= 11 is 1.53. The van der Waals surface area contributed by atoms with Crippen LogP contribution in [0.25, 0.3) is 22.0 Å². The fraction of sp³-hybridized carbons (Fsp3) is 0.227. The number of carbonyl (C=O) groups excluding carboxylic acids is 1. The molecular formula is C22H21N5O2S. The van der Waals surface area contributed by atoms with E-state index in [4.69, 9.17) is 4.52 Å². The van der Waals surface area contributed by atoms with Gasteiger partial charge in [-0.1, -0.05) is 49.3 Å². The molecule has 0 aliphatic carbocycles. The zero-order valence-electron chi connectivity index (χ0n) is 16.6. The Bertz CT molecular complexity index is 1110. The molecule has 0 aliphatic heterocycles. The normalized spacial score (nSPS) is 12.1. The number of amides is 1. The molecule has 0 unspecified atom stereocenters. The molecule has 4 aromatic rings. The van der Waals surface area contributed by atoms with Crippen LogP contribution in [0.5, 0.6) is 0 Å². The molecule has 152 valence electrons. The molecule has 0 saturated carbocycles. The fourth-order valence-corrected chi connectivity index (χ4v) is 3.80. The van der Waals surface area contributed by atoms with Crippen molar-refractivity contribution in [1.29, 1.82) is 0 Å². The number of thiazole rings is 1. The van der Waals surface area contributed by atoms with Crippen LogP contribution in [0.4, 0.5) is 0 Å². The van der Waals surface area contributed by atoms with E-state index >= 15 is 0 Å². The van der Waals surface area contributed by atoms with Gasteiger partial charge in [0.25, 0.3) is 0 Å². The van der Waals surface area contributed by atoms with Crippen LogP contribution < -0.4 is 5.32 Å². The number of carbonyl (C=O) groups is 1. The van der Waals surface area contributed by atoms with Gasteiger partial charge in [0.1, 0.15) is 11.0 Å². The second kappa shape index (κ2) is 8.96. The maximum atomic E-state index is 12.7. The second-order valence-corrected chi connectivity index (χ2v) is 8.03. The summed E-state index contributed by atoms with van der Waals surface area (Å²) in [4.78, 5) is 25.8. The van der Waals surface area contributed by atoms with Gasteiger partial charge in [-0.25, -0.2) is 4.98 Å². The van der Waals surface area contributed by atoms with E-state index in [2.05, 4.69) is 25.4 Å². The van der Waals surface area contributed by atoms with Crippen LogP contribution in [-0.4, -0.2) is 26.0 Å². The monoisotopic (exact) mass is 419 g/mol. The summed E-state index contributed by atoms with van der Waals surface area (Å²) in [5.74, 6) is 0.761.